The molecule has 0 bridgehead atoms. The molecule has 1 aromatic heterocycles. The second-order valence-corrected chi connectivity index (χ2v) is 5.97. The van der Waals surface area contributed by atoms with Gasteiger partial charge in [0.2, 0.25) is 0 Å². The highest BCUT2D eigenvalue weighted by molar-refractivity contribution is 7.92. The topological polar surface area (TPSA) is 117 Å². The molecule has 1 amide bonds. The minimum absolute atomic E-state index is 0.00652. The number of hydrogen-bond acceptors (Lipinski definition) is 4. The fourth-order valence-electron chi connectivity index (χ4n) is 1.61. The van der Waals surface area contributed by atoms with Gasteiger partial charge in [-0.3, -0.25) is 14.9 Å². The number of amides is 1. The summed E-state index contributed by atoms with van der Waals surface area (Å²) in [6, 6.07) is 5.09. The van der Waals surface area contributed by atoms with Crippen molar-refractivity contribution in [2.75, 3.05) is 4.72 Å². The Labute approximate surface area is 120 Å². The zero-order chi connectivity index (χ0) is 15.6. The van der Waals surface area contributed by atoms with Gasteiger partial charge in [0.1, 0.15) is 16.4 Å². The summed E-state index contributed by atoms with van der Waals surface area (Å²) in [5.74, 6) is 3.77. The molecule has 5 N–H and O–H groups in total. The zero-order valence-corrected chi connectivity index (χ0v) is 11.8. The number of hydrogen-bond donors (Lipinski definition) is 4. The lowest BCUT2D eigenvalue weighted by Gasteiger charge is -2.07. The number of carbonyl (C=O) groups excluding carboxylic acids is 1. The minimum atomic E-state index is -3.93. The Morgan fingerprint density at radius 1 is 1.33 bits per heavy atom. The molecule has 0 aliphatic heterocycles. The SMILES string of the molecule is Cc1ccc(NS(=O)(=O)c2c[nH]c(C(=O)NN)c2)cc1F. The molecule has 0 radical (unpaired) electrons. The predicted molar refractivity (Wildman–Crippen MR) is 74.4 cm³/mol. The van der Waals surface area contributed by atoms with E-state index >= 15 is 0 Å². The third-order valence-corrected chi connectivity index (χ3v) is 4.13. The molecular formula is C12H13FN4O3S. The fourth-order valence-corrected chi connectivity index (χ4v) is 2.65. The van der Waals surface area contributed by atoms with Crippen LogP contribution in [0.15, 0.2) is 35.4 Å². The number of nitrogens with two attached hydrogens (primary N) is 1. The molecule has 1 aromatic carbocycles. The summed E-state index contributed by atoms with van der Waals surface area (Å²) in [5.41, 5.74) is 2.36. The summed E-state index contributed by atoms with van der Waals surface area (Å²) in [4.78, 5) is 13.6. The van der Waals surface area contributed by atoms with Crippen molar-refractivity contribution in [1.82, 2.24) is 10.4 Å². The first-order chi connectivity index (χ1) is 9.83. The molecule has 7 nitrogen and oxygen atoms in total. The lowest BCUT2D eigenvalue weighted by Crippen LogP contribution is -2.30. The van der Waals surface area contributed by atoms with Crippen LogP contribution in [0.25, 0.3) is 0 Å². The van der Waals surface area contributed by atoms with Crippen LogP contribution >= 0.6 is 0 Å². The molecule has 2 aromatic rings. The number of anilines is 1. The molecule has 0 saturated carbocycles. The zero-order valence-electron chi connectivity index (χ0n) is 11.0. The van der Waals surface area contributed by atoms with Gasteiger partial charge in [-0.1, -0.05) is 6.07 Å². The average molecular weight is 312 g/mol. The summed E-state index contributed by atoms with van der Waals surface area (Å²) in [7, 11) is -3.93. The molecule has 1 heterocycles. The summed E-state index contributed by atoms with van der Waals surface area (Å²) in [5, 5.41) is 0. The molecule has 112 valence electrons. The Bertz CT molecular complexity index is 786. The summed E-state index contributed by atoms with van der Waals surface area (Å²) in [6.07, 6.45) is 1.14. The van der Waals surface area contributed by atoms with Crippen LogP contribution in [-0.4, -0.2) is 19.3 Å². The van der Waals surface area contributed by atoms with E-state index in [0.29, 0.717) is 5.56 Å². The van der Waals surface area contributed by atoms with Crippen LogP contribution in [0.1, 0.15) is 16.1 Å². The first kappa shape index (κ1) is 15.0. The van der Waals surface area contributed by atoms with Crippen molar-refractivity contribution in [3.63, 3.8) is 0 Å². The van der Waals surface area contributed by atoms with Crippen molar-refractivity contribution in [3.05, 3.63) is 47.5 Å². The molecule has 2 rings (SSSR count). The Hall–Kier alpha value is -2.39. The number of aromatic nitrogens is 1. The number of aryl methyl sites for hydroxylation is 1. The van der Waals surface area contributed by atoms with Crippen molar-refractivity contribution in [1.29, 1.82) is 0 Å². The van der Waals surface area contributed by atoms with Gasteiger partial charge in [-0.25, -0.2) is 18.7 Å². The molecule has 0 aliphatic carbocycles. The second-order valence-electron chi connectivity index (χ2n) is 4.29. The Morgan fingerprint density at radius 3 is 2.67 bits per heavy atom. The van der Waals surface area contributed by atoms with Crippen molar-refractivity contribution < 1.29 is 17.6 Å². The predicted octanol–water partition coefficient (Wildman–Crippen LogP) is 0.867. The molecule has 0 unspecified atom stereocenters. The quantitative estimate of drug-likeness (QED) is 0.380. The second kappa shape index (κ2) is 5.54. The lowest BCUT2D eigenvalue weighted by molar-refractivity contribution is 0.0949. The van der Waals surface area contributed by atoms with Crippen LogP contribution in [0.3, 0.4) is 0 Å². The lowest BCUT2D eigenvalue weighted by atomic mass is 10.2. The molecule has 0 atom stereocenters. The monoisotopic (exact) mass is 312 g/mol. The van der Waals surface area contributed by atoms with Gasteiger partial charge >= 0.3 is 0 Å². The molecule has 0 fully saturated rings. The number of benzene rings is 1. The number of halogens is 1. The molecule has 9 heteroatoms. The van der Waals surface area contributed by atoms with Crippen LogP contribution in [0.4, 0.5) is 10.1 Å². The van der Waals surface area contributed by atoms with Crippen molar-refractivity contribution in [3.8, 4) is 0 Å². The van der Waals surface area contributed by atoms with E-state index in [1.165, 1.54) is 12.1 Å². The van der Waals surface area contributed by atoms with Gasteiger partial charge in [0.05, 0.1) is 5.69 Å². The third kappa shape index (κ3) is 3.20. The van der Waals surface area contributed by atoms with Crippen LogP contribution in [0.2, 0.25) is 0 Å². The van der Waals surface area contributed by atoms with Gasteiger partial charge < -0.3 is 4.98 Å². The van der Waals surface area contributed by atoms with Crippen molar-refractivity contribution in [2.24, 2.45) is 5.84 Å². The van der Waals surface area contributed by atoms with Crippen LogP contribution < -0.4 is 16.0 Å². The maximum Gasteiger partial charge on any atom is 0.281 e. The standard InChI is InChI=1S/C12H13FN4O3S/c1-7-2-3-8(4-10(7)13)17-21(19,20)9-5-11(15-6-9)12(18)16-14/h2-6,15,17H,14H2,1H3,(H,16,18). The Kier molecular flexibility index (Phi) is 3.96. The normalized spacial score (nSPS) is 11.2. The maximum atomic E-state index is 13.4. The van der Waals surface area contributed by atoms with E-state index in [2.05, 4.69) is 9.71 Å². The van der Waals surface area contributed by atoms with E-state index in [1.807, 2.05) is 5.43 Å². The summed E-state index contributed by atoms with van der Waals surface area (Å²) < 4.78 is 39.8. The van der Waals surface area contributed by atoms with E-state index in [0.717, 1.165) is 18.3 Å². The van der Waals surface area contributed by atoms with E-state index in [9.17, 15) is 17.6 Å². The van der Waals surface area contributed by atoms with Gasteiger partial charge in [0.25, 0.3) is 15.9 Å². The molecular weight excluding hydrogens is 299 g/mol. The van der Waals surface area contributed by atoms with Gasteiger partial charge in [0.15, 0.2) is 0 Å². The first-order valence-electron chi connectivity index (χ1n) is 5.82. The van der Waals surface area contributed by atoms with E-state index in [4.69, 9.17) is 5.84 Å². The largest absolute Gasteiger partial charge is 0.356 e. The smallest absolute Gasteiger partial charge is 0.281 e. The molecule has 0 spiro atoms. The highest BCUT2D eigenvalue weighted by Crippen LogP contribution is 2.19. The van der Waals surface area contributed by atoms with Gasteiger partial charge in [-0.05, 0) is 30.7 Å². The number of sulfonamides is 1. The number of rotatable bonds is 4. The minimum Gasteiger partial charge on any atom is -0.356 e. The molecule has 0 saturated heterocycles. The summed E-state index contributed by atoms with van der Waals surface area (Å²) >= 11 is 0. The van der Waals surface area contributed by atoms with E-state index < -0.39 is 21.7 Å². The van der Waals surface area contributed by atoms with Crippen LogP contribution in [0, 0.1) is 12.7 Å². The highest BCUT2D eigenvalue weighted by atomic mass is 32.2. The first-order valence-corrected chi connectivity index (χ1v) is 7.30. The average Bonchev–Trinajstić information content (AvgIpc) is 2.92. The number of carbonyl (C=O) groups is 1. The van der Waals surface area contributed by atoms with Crippen LogP contribution in [-0.2, 0) is 10.0 Å². The van der Waals surface area contributed by atoms with E-state index in [1.54, 1.807) is 6.92 Å². The van der Waals surface area contributed by atoms with Gasteiger partial charge in [-0.15, -0.1) is 0 Å². The summed E-state index contributed by atoms with van der Waals surface area (Å²) in [6.45, 7) is 1.57. The number of nitrogen functional groups attached to an aromatic ring is 1. The van der Waals surface area contributed by atoms with Gasteiger partial charge in [0, 0.05) is 6.20 Å². The maximum absolute atomic E-state index is 13.4. The number of H-pyrrole nitrogens is 1. The number of hydrazine groups is 1. The highest BCUT2D eigenvalue weighted by Gasteiger charge is 2.18. The molecule has 0 aliphatic rings. The van der Waals surface area contributed by atoms with E-state index in [-0.39, 0.29) is 16.3 Å². The van der Waals surface area contributed by atoms with Crippen LogP contribution in [0.5, 0.6) is 0 Å². The fraction of sp³-hybridized carbons (Fsp3) is 0.0833. The van der Waals surface area contributed by atoms with Crippen molar-refractivity contribution in [2.45, 2.75) is 11.8 Å². The van der Waals surface area contributed by atoms with Crippen molar-refractivity contribution >= 4 is 21.6 Å². The third-order valence-electron chi connectivity index (χ3n) is 2.77. The molecule has 21 heavy (non-hydrogen) atoms. The van der Waals surface area contributed by atoms with Gasteiger partial charge in [-0.2, -0.15) is 0 Å². The Morgan fingerprint density at radius 2 is 2.05 bits per heavy atom. The Balaban J connectivity index is 2.27. The number of nitrogens with one attached hydrogen (secondary N) is 3. The number of aromatic amines is 1.